The maximum Gasteiger partial charge on any atom is -0.00930 e. The minimum atomic E-state index is 0.191. The Bertz CT molecular complexity index is 611. The van der Waals surface area contributed by atoms with Crippen LogP contribution in [-0.2, 0) is 10.8 Å². The van der Waals surface area contributed by atoms with Gasteiger partial charge in [-0.05, 0) is 57.8 Å². The van der Waals surface area contributed by atoms with Crippen LogP contribution in [0.5, 0.6) is 0 Å². The summed E-state index contributed by atoms with van der Waals surface area (Å²) in [6.45, 7) is 14.0. The maximum atomic E-state index is 2.45. The molecule has 2 aliphatic rings. The van der Waals surface area contributed by atoms with Crippen molar-refractivity contribution in [3.8, 4) is 0 Å². The first-order chi connectivity index (χ1) is 10.7. The summed E-state index contributed by atoms with van der Waals surface area (Å²) in [5.41, 5.74) is 6.34. The van der Waals surface area contributed by atoms with Gasteiger partial charge in [0.05, 0.1) is 0 Å². The van der Waals surface area contributed by atoms with Gasteiger partial charge < -0.3 is 0 Å². The van der Waals surface area contributed by atoms with Crippen LogP contribution in [0.4, 0.5) is 0 Å². The summed E-state index contributed by atoms with van der Waals surface area (Å²) in [6.07, 6.45) is 11.2. The molecule has 0 heterocycles. The van der Waals surface area contributed by atoms with Crippen LogP contribution in [0.3, 0.4) is 0 Å². The number of rotatable bonds is 1. The molecule has 0 aromatic heterocycles. The summed E-state index contributed by atoms with van der Waals surface area (Å²) in [5.74, 6) is 1.51. The fraction of sp³-hybridized carbons (Fsp3) is 0.565. The molecule has 0 nitrogen and oxygen atoms in total. The Morgan fingerprint density at radius 2 is 1.43 bits per heavy atom. The molecule has 2 aliphatic carbocycles. The normalized spacial score (nSPS) is 24.5. The van der Waals surface area contributed by atoms with Gasteiger partial charge in [-0.1, -0.05) is 84.4 Å². The molecule has 1 saturated carbocycles. The van der Waals surface area contributed by atoms with Gasteiger partial charge in [0.25, 0.3) is 0 Å². The zero-order valence-corrected chi connectivity index (χ0v) is 15.7. The van der Waals surface area contributed by atoms with E-state index < -0.39 is 0 Å². The molecule has 124 valence electrons. The van der Waals surface area contributed by atoms with Crippen LogP contribution in [0.15, 0.2) is 36.4 Å². The molecule has 1 fully saturated rings. The first-order valence-electron chi connectivity index (χ1n) is 9.21. The number of benzene rings is 1. The molecule has 0 radical (unpaired) electrons. The lowest BCUT2D eigenvalue weighted by molar-refractivity contribution is 0.560. The fourth-order valence-corrected chi connectivity index (χ4v) is 4.00. The predicted octanol–water partition coefficient (Wildman–Crippen LogP) is 6.65. The van der Waals surface area contributed by atoms with Crippen molar-refractivity contribution in [3.05, 3.63) is 53.1 Å². The van der Waals surface area contributed by atoms with Gasteiger partial charge in [-0.2, -0.15) is 0 Å². The van der Waals surface area contributed by atoms with E-state index >= 15 is 0 Å². The van der Waals surface area contributed by atoms with Crippen LogP contribution in [0, 0.1) is 11.8 Å². The molecule has 0 N–H and O–H groups in total. The van der Waals surface area contributed by atoms with Crippen molar-refractivity contribution in [2.24, 2.45) is 11.8 Å². The maximum absolute atomic E-state index is 2.45. The monoisotopic (exact) mass is 308 g/mol. The average Bonchev–Trinajstić information content (AvgIpc) is 2.93. The van der Waals surface area contributed by atoms with Crippen molar-refractivity contribution >= 4 is 5.57 Å². The largest absolute Gasteiger partial charge is 0.0808 e. The van der Waals surface area contributed by atoms with Crippen LogP contribution < -0.4 is 0 Å². The molecule has 1 aromatic rings. The van der Waals surface area contributed by atoms with Crippen LogP contribution >= 0.6 is 0 Å². The van der Waals surface area contributed by atoms with Crippen molar-refractivity contribution in [2.75, 3.05) is 0 Å². The Hall–Kier alpha value is -1.30. The summed E-state index contributed by atoms with van der Waals surface area (Å²) in [4.78, 5) is 0. The van der Waals surface area contributed by atoms with E-state index in [-0.39, 0.29) is 10.8 Å². The number of fused-ring (bicyclic) bond motifs is 1. The Morgan fingerprint density at radius 3 is 2.00 bits per heavy atom. The zero-order chi connectivity index (χ0) is 16.8. The van der Waals surface area contributed by atoms with Crippen LogP contribution in [0.2, 0.25) is 0 Å². The van der Waals surface area contributed by atoms with Crippen molar-refractivity contribution in [2.45, 2.75) is 71.6 Å². The second-order valence-corrected chi connectivity index (χ2v) is 9.51. The summed E-state index contributed by atoms with van der Waals surface area (Å²) in [6, 6.07) is 7.33. The molecule has 0 spiro atoms. The molecule has 1 aromatic carbocycles. The second kappa shape index (κ2) is 5.65. The highest BCUT2D eigenvalue weighted by Crippen LogP contribution is 2.45. The van der Waals surface area contributed by atoms with E-state index in [9.17, 15) is 0 Å². The van der Waals surface area contributed by atoms with Gasteiger partial charge in [0.1, 0.15) is 0 Å². The van der Waals surface area contributed by atoms with Gasteiger partial charge in [-0.3, -0.25) is 0 Å². The minimum absolute atomic E-state index is 0.191. The highest BCUT2D eigenvalue weighted by atomic mass is 14.4. The van der Waals surface area contributed by atoms with Gasteiger partial charge in [0, 0.05) is 0 Å². The van der Waals surface area contributed by atoms with Gasteiger partial charge in [-0.15, -0.1) is 0 Å². The lowest BCUT2D eigenvalue weighted by atomic mass is 9.75. The number of hydrogen-bond acceptors (Lipinski definition) is 0. The third-order valence-electron chi connectivity index (χ3n) is 5.60. The second-order valence-electron chi connectivity index (χ2n) is 9.51. The van der Waals surface area contributed by atoms with Crippen molar-refractivity contribution in [3.63, 3.8) is 0 Å². The van der Waals surface area contributed by atoms with E-state index in [0.29, 0.717) is 0 Å². The molecular formula is C23H32. The Morgan fingerprint density at radius 1 is 0.826 bits per heavy atom. The lowest BCUT2D eigenvalue weighted by Crippen LogP contribution is -2.18. The first-order valence-corrected chi connectivity index (χ1v) is 9.21. The topological polar surface area (TPSA) is 0 Å². The highest BCUT2D eigenvalue weighted by molar-refractivity contribution is 5.72. The summed E-state index contributed by atoms with van der Waals surface area (Å²) in [5, 5.41) is 0. The van der Waals surface area contributed by atoms with E-state index in [2.05, 4.69) is 78.0 Å². The summed E-state index contributed by atoms with van der Waals surface area (Å²) < 4.78 is 0. The van der Waals surface area contributed by atoms with Gasteiger partial charge in [-0.25, -0.2) is 0 Å². The molecule has 2 atom stereocenters. The standard InChI is InChI=1S/C23H32/c1-22(2,3)18-13-17(14-19(15-18)23(4,5)6)21-12-8-10-16-9-7-11-20(16)21/h8,10,12-16,20H,7,9,11H2,1-6H3. The van der Waals surface area contributed by atoms with Gasteiger partial charge in [0.2, 0.25) is 0 Å². The molecular weight excluding hydrogens is 276 g/mol. The van der Waals surface area contributed by atoms with E-state index in [1.807, 2.05) is 0 Å². The molecule has 0 heteroatoms. The smallest absolute Gasteiger partial charge is 0.00930 e. The zero-order valence-electron chi connectivity index (χ0n) is 15.7. The van der Waals surface area contributed by atoms with E-state index in [4.69, 9.17) is 0 Å². The molecule has 3 rings (SSSR count). The minimum Gasteiger partial charge on any atom is -0.0808 e. The molecule has 0 bridgehead atoms. The van der Waals surface area contributed by atoms with E-state index in [1.54, 1.807) is 5.57 Å². The van der Waals surface area contributed by atoms with Crippen LogP contribution in [0.25, 0.3) is 5.57 Å². The lowest BCUT2D eigenvalue weighted by Gasteiger charge is -2.29. The van der Waals surface area contributed by atoms with Crippen molar-refractivity contribution in [1.82, 2.24) is 0 Å². The van der Waals surface area contributed by atoms with Crippen LogP contribution in [0.1, 0.15) is 77.5 Å². The first kappa shape index (κ1) is 16.6. The molecule has 23 heavy (non-hydrogen) atoms. The van der Waals surface area contributed by atoms with Crippen LogP contribution in [-0.4, -0.2) is 0 Å². The average molecular weight is 309 g/mol. The third kappa shape index (κ3) is 3.32. The van der Waals surface area contributed by atoms with E-state index in [1.165, 1.54) is 36.0 Å². The Balaban J connectivity index is 2.11. The molecule has 0 aliphatic heterocycles. The molecule has 0 amide bonds. The highest BCUT2D eigenvalue weighted by Gasteiger charge is 2.31. The Labute approximate surface area is 142 Å². The van der Waals surface area contributed by atoms with Crippen molar-refractivity contribution in [1.29, 1.82) is 0 Å². The molecule has 2 unspecified atom stereocenters. The quantitative estimate of drug-likeness (QED) is 0.544. The summed E-state index contributed by atoms with van der Waals surface area (Å²) >= 11 is 0. The SMILES string of the molecule is CC(C)(C)c1cc(C2=CC=CC3CCCC23)cc(C(C)(C)C)c1. The van der Waals surface area contributed by atoms with Crippen molar-refractivity contribution < 1.29 is 0 Å². The number of allylic oxidation sites excluding steroid dienone is 4. The fourth-order valence-electron chi connectivity index (χ4n) is 4.00. The van der Waals surface area contributed by atoms with E-state index in [0.717, 1.165) is 11.8 Å². The molecule has 0 saturated heterocycles. The summed E-state index contributed by atoms with van der Waals surface area (Å²) in [7, 11) is 0. The van der Waals surface area contributed by atoms with Gasteiger partial charge in [0.15, 0.2) is 0 Å². The number of hydrogen-bond donors (Lipinski definition) is 0. The van der Waals surface area contributed by atoms with Gasteiger partial charge >= 0.3 is 0 Å². The third-order valence-corrected chi connectivity index (χ3v) is 5.60. The predicted molar refractivity (Wildman–Crippen MR) is 102 cm³/mol. The Kier molecular flexibility index (Phi) is 4.07.